The Morgan fingerprint density at radius 3 is 2.54 bits per heavy atom. The van der Waals surface area contributed by atoms with Gasteiger partial charge in [-0.2, -0.15) is 4.31 Å². The van der Waals surface area contributed by atoms with E-state index in [9.17, 15) is 13.2 Å². The van der Waals surface area contributed by atoms with Gasteiger partial charge in [-0.25, -0.2) is 8.42 Å². The molecule has 4 rings (SSSR count). The van der Waals surface area contributed by atoms with Crippen molar-refractivity contribution < 1.29 is 17.9 Å². The van der Waals surface area contributed by atoms with E-state index in [1.807, 2.05) is 12.1 Å². The van der Waals surface area contributed by atoms with E-state index in [-0.39, 0.29) is 29.8 Å². The number of fused-ring (bicyclic) bond motifs is 1. The number of carbonyl (C=O) groups excluding carboxylic acids is 1. The number of sulfonamides is 1. The Balaban J connectivity index is 1.30. The summed E-state index contributed by atoms with van der Waals surface area (Å²) in [5.41, 5.74) is 2.67. The molecule has 1 fully saturated rings. The Kier molecular flexibility index (Phi) is 5.64. The largest absolute Gasteiger partial charge is 0.484 e. The van der Waals surface area contributed by atoms with Gasteiger partial charge in [0.05, 0.1) is 4.34 Å². The molecule has 0 spiro atoms. The van der Waals surface area contributed by atoms with E-state index in [4.69, 9.17) is 16.3 Å². The van der Waals surface area contributed by atoms with Crippen LogP contribution in [0, 0.1) is 0 Å². The number of amides is 1. The van der Waals surface area contributed by atoms with Crippen molar-refractivity contribution in [2.75, 3.05) is 32.8 Å². The second kappa shape index (κ2) is 8.02. The molecule has 1 aromatic heterocycles. The van der Waals surface area contributed by atoms with Crippen LogP contribution in [-0.4, -0.2) is 56.3 Å². The van der Waals surface area contributed by atoms with Gasteiger partial charge >= 0.3 is 0 Å². The smallest absolute Gasteiger partial charge is 0.260 e. The van der Waals surface area contributed by atoms with Crippen molar-refractivity contribution >= 4 is 38.9 Å². The van der Waals surface area contributed by atoms with E-state index in [1.54, 1.807) is 11.0 Å². The van der Waals surface area contributed by atoms with Gasteiger partial charge in [-0.3, -0.25) is 4.79 Å². The van der Waals surface area contributed by atoms with Gasteiger partial charge in [0.15, 0.2) is 6.61 Å². The number of aryl methyl sites for hydroxylation is 2. The van der Waals surface area contributed by atoms with Gasteiger partial charge in [-0.15, -0.1) is 11.3 Å². The lowest BCUT2D eigenvalue weighted by molar-refractivity contribution is -0.134. The van der Waals surface area contributed by atoms with E-state index in [1.165, 1.54) is 27.9 Å². The molecule has 1 aromatic carbocycles. The normalized spacial score (nSPS) is 17.5. The van der Waals surface area contributed by atoms with Crippen LogP contribution < -0.4 is 4.74 Å². The SMILES string of the molecule is O=C(COc1ccc2c(c1)CCC2)N1CCN(S(=O)(=O)c2ccc(Cl)s2)CC1. The molecule has 0 atom stereocenters. The highest BCUT2D eigenvalue weighted by Crippen LogP contribution is 2.29. The second-order valence-corrected chi connectivity index (χ2v) is 10.8. The molecule has 2 aliphatic rings. The highest BCUT2D eigenvalue weighted by molar-refractivity contribution is 7.91. The topological polar surface area (TPSA) is 66.9 Å². The van der Waals surface area contributed by atoms with Gasteiger partial charge in [-0.1, -0.05) is 17.7 Å². The number of piperazine rings is 1. The summed E-state index contributed by atoms with van der Waals surface area (Å²) in [5.74, 6) is 0.585. The molecule has 28 heavy (non-hydrogen) atoms. The Morgan fingerprint density at radius 1 is 1.07 bits per heavy atom. The van der Waals surface area contributed by atoms with Gasteiger partial charge in [0.25, 0.3) is 15.9 Å². The zero-order valence-corrected chi connectivity index (χ0v) is 17.7. The molecule has 1 aliphatic carbocycles. The van der Waals surface area contributed by atoms with Crippen LogP contribution in [0.2, 0.25) is 4.34 Å². The lowest BCUT2D eigenvalue weighted by Crippen LogP contribution is -2.51. The van der Waals surface area contributed by atoms with E-state index in [0.717, 1.165) is 24.2 Å². The fraction of sp³-hybridized carbons (Fsp3) is 0.421. The Hall–Kier alpha value is -1.61. The predicted octanol–water partition coefficient (Wildman–Crippen LogP) is 2.80. The Bertz CT molecular complexity index is 982. The van der Waals surface area contributed by atoms with Crippen LogP contribution in [0.25, 0.3) is 0 Å². The Labute approximate surface area is 173 Å². The van der Waals surface area contributed by atoms with Crippen LogP contribution in [-0.2, 0) is 27.7 Å². The first kappa shape index (κ1) is 19.7. The van der Waals surface area contributed by atoms with Gasteiger partial charge in [0.2, 0.25) is 0 Å². The van der Waals surface area contributed by atoms with Crippen molar-refractivity contribution in [2.45, 2.75) is 23.5 Å². The second-order valence-electron chi connectivity index (χ2n) is 6.92. The van der Waals surface area contributed by atoms with Crippen LogP contribution in [0.5, 0.6) is 5.75 Å². The van der Waals surface area contributed by atoms with Crippen LogP contribution in [0.15, 0.2) is 34.5 Å². The molecule has 9 heteroatoms. The van der Waals surface area contributed by atoms with E-state index >= 15 is 0 Å². The van der Waals surface area contributed by atoms with Gasteiger partial charge in [-0.05, 0) is 54.7 Å². The highest BCUT2D eigenvalue weighted by atomic mass is 35.5. The van der Waals surface area contributed by atoms with E-state index < -0.39 is 10.0 Å². The number of hydrogen-bond acceptors (Lipinski definition) is 5. The molecular formula is C19H21ClN2O4S2. The summed E-state index contributed by atoms with van der Waals surface area (Å²) in [6.45, 7) is 1.20. The van der Waals surface area contributed by atoms with Crippen LogP contribution in [0.4, 0.5) is 0 Å². The fourth-order valence-corrected chi connectivity index (χ4v) is 6.68. The van der Waals surface area contributed by atoms with Gasteiger partial charge in [0.1, 0.15) is 9.96 Å². The first-order valence-corrected chi connectivity index (χ1v) is 11.8. The number of rotatable bonds is 5. The van der Waals surface area contributed by atoms with Crippen molar-refractivity contribution in [1.29, 1.82) is 0 Å². The average molecular weight is 441 g/mol. The van der Waals surface area contributed by atoms with Gasteiger partial charge in [0, 0.05) is 26.2 Å². The number of thiophene rings is 1. The molecule has 0 unspecified atom stereocenters. The molecule has 150 valence electrons. The molecule has 0 bridgehead atoms. The maximum Gasteiger partial charge on any atom is 0.260 e. The summed E-state index contributed by atoms with van der Waals surface area (Å²) < 4.78 is 33.0. The summed E-state index contributed by atoms with van der Waals surface area (Å²) in [7, 11) is -3.55. The van der Waals surface area contributed by atoms with Crippen LogP contribution in [0.3, 0.4) is 0 Å². The minimum atomic E-state index is -3.55. The third-order valence-corrected chi connectivity index (χ3v) is 8.76. The molecule has 6 nitrogen and oxygen atoms in total. The van der Waals surface area contributed by atoms with E-state index in [0.29, 0.717) is 23.2 Å². The van der Waals surface area contributed by atoms with Crippen LogP contribution in [0.1, 0.15) is 17.5 Å². The first-order chi connectivity index (χ1) is 13.4. The van der Waals surface area contributed by atoms with Crippen molar-refractivity contribution in [1.82, 2.24) is 9.21 Å². The molecule has 2 heterocycles. The summed E-state index contributed by atoms with van der Waals surface area (Å²) in [4.78, 5) is 14.1. The highest BCUT2D eigenvalue weighted by Gasteiger charge is 2.31. The first-order valence-electron chi connectivity index (χ1n) is 9.21. The number of carbonyl (C=O) groups is 1. The number of ether oxygens (including phenoxy) is 1. The molecule has 0 saturated carbocycles. The summed E-state index contributed by atoms with van der Waals surface area (Å²) in [6, 6.07) is 9.10. The fourth-order valence-electron chi connectivity index (χ4n) is 3.62. The predicted molar refractivity (Wildman–Crippen MR) is 109 cm³/mol. The van der Waals surface area contributed by atoms with Crippen LogP contribution >= 0.6 is 22.9 Å². The lowest BCUT2D eigenvalue weighted by atomic mass is 10.1. The molecular weight excluding hydrogens is 420 g/mol. The number of benzene rings is 1. The number of hydrogen-bond donors (Lipinski definition) is 0. The molecule has 0 radical (unpaired) electrons. The maximum atomic E-state index is 12.6. The minimum Gasteiger partial charge on any atom is -0.484 e. The van der Waals surface area contributed by atoms with Crippen molar-refractivity contribution in [2.24, 2.45) is 0 Å². The number of nitrogens with zero attached hydrogens (tertiary/aromatic N) is 2. The zero-order valence-electron chi connectivity index (χ0n) is 15.3. The minimum absolute atomic E-state index is 0.0356. The maximum absolute atomic E-state index is 12.6. The Morgan fingerprint density at radius 2 is 1.82 bits per heavy atom. The summed E-state index contributed by atoms with van der Waals surface area (Å²) >= 11 is 6.90. The third kappa shape index (κ3) is 4.05. The molecule has 1 saturated heterocycles. The third-order valence-electron chi connectivity index (χ3n) is 5.17. The molecule has 2 aromatic rings. The quantitative estimate of drug-likeness (QED) is 0.717. The molecule has 1 amide bonds. The van der Waals surface area contributed by atoms with Crippen molar-refractivity contribution in [3.8, 4) is 5.75 Å². The monoisotopic (exact) mass is 440 g/mol. The zero-order chi connectivity index (χ0) is 19.7. The van der Waals surface area contributed by atoms with E-state index in [2.05, 4.69) is 6.07 Å². The average Bonchev–Trinajstić information content (AvgIpc) is 3.34. The van der Waals surface area contributed by atoms with Crippen molar-refractivity contribution in [3.63, 3.8) is 0 Å². The summed E-state index contributed by atoms with van der Waals surface area (Å²) in [5, 5.41) is 0. The summed E-state index contributed by atoms with van der Waals surface area (Å²) in [6.07, 6.45) is 3.34. The van der Waals surface area contributed by atoms with Crippen molar-refractivity contribution in [3.05, 3.63) is 45.8 Å². The standard InChI is InChI=1S/C19H21ClN2O4S2/c20-17-6-7-19(27-17)28(24,25)22-10-8-21(9-11-22)18(23)13-26-16-5-4-14-2-1-3-15(14)12-16/h4-7,12H,1-3,8-11,13H2. The molecule has 1 aliphatic heterocycles. The molecule has 0 N–H and O–H groups in total. The number of halogens is 1. The lowest BCUT2D eigenvalue weighted by Gasteiger charge is -2.33. The van der Waals surface area contributed by atoms with Gasteiger partial charge < -0.3 is 9.64 Å².